The van der Waals surface area contributed by atoms with Crippen molar-refractivity contribution in [2.24, 2.45) is 0 Å². The number of carbonyl (C=O) groups is 3. The number of anilines is 3. The summed E-state index contributed by atoms with van der Waals surface area (Å²) in [5, 5.41) is 9.44. The zero-order valence-corrected chi connectivity index (χ0v) is 25.6. The number of hydrogen-bond donors (Lipinski definition) is 3. The summed E-state index contributed by atoms with van der Waals surface area (Å²) in [6.45, 7) is 4.58. The molecule has 4 aromatic rings. The first-order valence-corrected chi connectivity index (χ1v) is 16.0. The van der Waals surface area contributed by atoms with Gasteiger partial charge in [-0.15, -0.1) is 0 Å². The van der Waals surface area contributed by atoms with Gasteiger partial charge in [0.15, 0.2) is 0 Å². The molecule has 3 heterocycles. The predicted octanol–water partition coefficient (Wildman–Crippen LogP) is 6.39. The summed E-state index contributed by atoms with van der Waals surface area (Å²) >= 11 is 0. The number of nitrogens with one attached hydrogen (secondary N) is 3. The van der Waals surface area contributed by atoms with Gasteiger partial charge in [-0.05, 0) is 90.6 Å². The Morgan fingerprint density at radius 3 is 2.59 bits per heavy atom. The second-order valence-corrected chi connectivity index (χ2v) is 12.2. The van der Waals surface area contributed by atoms with E-state index in [1.54, 1.807) is 12.3 Å². The molecule has 0 spiro atoms. The highest BCUT2D eigenvalue weighted by molar-refractivity contribution is 6.23. The SMILES string of the molecule is C=C1CCC(N2C(=O)c3cccc(CCCCCCNc4ccnc(Nc5ccc6c(c5)Cc5ccccc5-6)n4)c3C2=O)C(=O)N1. The highest BCUT2D eigenvalue weighted by Gasteiger charge is 2.44. The molecule has 9 nitrogen and oxygen atoms in total. The van der Waals surface area contributed by atoms with Crippen LogP contribution in [-0.4, -0.2) is 45.2 Å². The van der Waals surface area contributed by atoms with Gasteiger partial charge in [-0.25, -0.2) is 4.98 Å². The largest absolute Gasteiger partial charge is 0.370 e. The molecule has 1 saturated heterocycles. The molecule has 1 atom stereocenters. The summed E-state index contributed by atoms with van der Waals surface area (Å²) in [6.07, 6.45) is 8.21. The van der Waals surface area contributed by atoms with E-state index in [9.17, 15) is 14.4 Å². The molecule has 232 valence electrons. The average molecular weight is 613 g/mol. The molecular weight excluding hydrogens is 576 g/mol. The van der Waals surface area contributed by atoms with Gasteiger partial charge in [-0.1, -0.05) is 61.9 Å². The Morgan fingerprint density at radius 1 is 0.870 bits per heavy atom. The lowest BCUT2D eigenvalue weighted by molar-refractivity contribution is -0.125. The van der Waals surface area contributed by atoms with Crippen molar-refractivity contribution in [2.75, 3.05) is 17.2 Å². The van der Waals surface area contributed by atoms with Crippen LogP contribution in [0.5, 0.6) is 0 Å². The minimum absolute atomic E-state index is 0.346. The Kier molecular flexibility index (Phi) is 8.05. The highest BCUT2D eigenvalue weighted by Crippen LogP contribution is 2.38. The van der Waals surface area contributed by atoms with E-state index >= 15 is 0 Å². The van der Waals surface area contributed by atoms with Gasteiger partial charge >= 0.3 is 0 Å². The number of aromatic nitrogens is 2. The topological polar surface area (TPSA) is 116 Å². The second kappa shape index (κ2) is 12.6. The number of benzene rings is 3. The summed E-state index contributed by atoms with van der Waals surface area (Å²) in [5.41, 5.74) is 8.56. The number of piperidine rings is 1. The molecule has 3 aromatic carbocycles. The maximum absolute atomic E-state index is 13.4. The number of nitrogens with zero attached hydrogens (tertiary/aromatic N) is 3. The smallest absolute Gasteiger partial charge is 0.262 e. The Hall–Kier alpha value is -5.31. The Balaban J connectivity index is 0.870. The van der Waals surface area contributed by atoms with Crippen molar-refractivity contribution in [3.05, 3.63) is 113 Å². The van der Waals surface area contributed by atoms with E-state index in [1.807, 2.05) is 18.2 Å². The lowest BCUT2D eigenvalue weighted by atomic mass is 9.97. The molecule has 1 aromatic heterocycles. The second-order valence-electron chi connectivity index (χ2n) is 12.2. The van der Waals surface area contributed by atoms with E-state index in [-0.39, 0.29) is 17.7 Å². The Morgan fingerprint density at radius 2 is 1.70 bits per heavy atom. The van der Waals surface area contributed by atoms with Gasteiger partial charge < -0.3 is 16.0 Å². The zero-order valence-electron chi connectivity index (χ0n) is 25.6. The van der Waals surface area contributed by atoms with Crippen molar-refractivity contribution in [3.8, 4) is 11.1 Å². The third-order valence-corrected chi connectivity index (χ3v) is 9.05. The lowest BCUT2D eigenvalue weighted by Gasteiger charge is -2.29. The lowest BCUT2D eigenvalue weighted by Crippen LogP contribution is -2.51. The summed E-state index contributed by atoms with van der Waals surface area (Å²) in [6, 6.07) is 21.5. The van der Waals surface area contributed by atoms with Crippen LogP contribution in [0.1, 0.15) is 75.9 Å². The molecule has 0 radical (unpaired) electrons. The van der Waals surface area contributed by atoms with Crippen LogP contribution >= 0.6 is 0 Å². The molecule has 0 saturated carbocycles. The fourth-order valence-corrected chi connectivity index (χ4v) is 6.75. The van der Waals surface area contributed by atoms with Gasteiger partial charge in [0.05, 0.1) is 11.1 Å². The van der Waals surface area contributed by atoms with Crippen molar-refractivity contribution in [3.63, 3.8) is 0 Å². The molecule has 1 aliphatic carbocycles. The Labute approximate surface area is 268 Å². The average Bonchev–Trinajstić information content (AvgIpc) is 3.55. The van der Waals surface area contributed by atoms with Crippen LogP contribution < -0.4 is 16.0 Å². The Bertz CT molecular complexity index is 1870. The fourth-order valence-electron chi connectivity index (χ4n) is 6.75. The number of aryl methyl sites for hydroxylation is 1. The van der Waals surface area contributed by atoms with Crippen LogP contribution in [0.3, 0.4) is 0 Å². The van der Waals surface area contributed by atoms with Crippen molar-refractivity contribution < 1.29 is 14.4 Å². The fraction of sp³-hybridized carbons (Fsp3) is 0.270. The number of hydrogen-bond acceptors (Lipinski definition) is 7. The highest BCUT2D eigenvalue weighted by atomic mass is 16.2. The molecule has 1 fully saturated rings. The zero-order chi connectivity index (χ0) is 31.6. The molecule has 3 N–H and O–H groups in total. The number of rotatable bonds is 11. The van der Waals surface area contributed by atoms with Crippen LogP contribution in [0.4, 0.5) is 17.5 Å². The van der Waals surface area contributed by atoms with E-state index in [2.05, 4.69) is 75.0 Å². The van der Waals surface area contributed by atoms with E-state index in [4.69, 9.17) is 0 Å². The molecular formula is C37H36N6O3. The van der Waals surface area contributed by atoms with Crippen LogP contribution in [0.2, 0.25) is 0 Å². The van der Waals surface area contributed by atoms with Gasteiger partial charge in [0.25, 0.3) is 11.8 Å². The first-order valence-electron chi connectivity index (χ1n) is 16.0. The number of fused-ring (bicyclic) bond motifs is 4. The molecule has 3 aliphatic rings. The summed E-state index contributed by atoms with van der Waals surface area (Å²) in [4.78, 5) is 49.2. The normalized spacial score (nSPS) is 16.6. The van der Waals surface area contributed by atoms with Crippen LogP contribution in [0.25, 0.3) is 11.1 Å². The monoisotopic (exact) mass is 612 g/mol. The van der Waals surface area contributed by atoms with Gasteiger partial charge in [0, 0.05) is 24.1 Å². The first kappa shape index (κ1) is 29.4. The molecule has 46 heavy (non-hydrogen) atoms. The van der Waals surface area contributed by atoms with Gasteiger partial charge in [0.2, 0.25) is 11.9 Å². The van der Waals surface area contributed by atoms with Crippen molar-refractivity contribution in [1.29, 1.82) is 0 Å². The number of imide groups is 1. The number of carbonyl (C=O) groups excluding carboxylic acids is 3. The van der Waals surface area contributed by atoms with E-state index < -0.39 is 6.04 Å². The van der Waals surface area contributed by atoms with E-state index in [0.29, 0.717) is 42.0 Å². The maximum atomic E-state index is 13.4. The third-order valence-electron chi connectivity index (χ3n) is 9.05. The number of amides is 3. The quantitative estimate of drug-likeness (QED) is 0.117. The van der Waals surface area contributed by atoms with Crippen molar-refractivity contribution >= 4 is 35.2 Å². The molecule has 2 aliphatic heterocycles. The summed E-state index contributed by atoms with van der Waals surface area (Å²) in [7, 11) is 0. The van der Waals surface area contributed by atoms with Crippen LogP contribution in [0, 0.1) is 0 Å². The number of allylic oxidation sites excluding steroid dienone is 1. The maximum Gasteiger partial charge on any atom is 0.262 e. The van der Waals surface area contributed by atoms with E-state index in [0.717, 1.165) is 60.6 Å². The number of unbranched alkanes of at least 4 members (excludes halogenated alkanes) is 3. The van der Waals surface area contributed by atoms with Crippen molar-refractivity contribution in [2.45, 2.75) is 57.4 Å². The standard InChI is InChI=1S/C37H36N6O3/c1-23-14-17-31(34(44)40-23)43-35(45)30-13-8-11-24(33(30)36(43)46)9-4-2-3-7-19-38-32-18-20-39-37(42-32)41-27-15-16-29-26(22-27)21-25-10-5-6-12-28(25)29/h5-6,8,10-13,15-16,18,20,22,31H,1-4,7,9,14,17,19,21H2,(H,40,44)(H2,38,39,41,42). The minimum Gasteiger partial charge on any atom is -0.370 e. The molecule has 9 heteroatoms. The predicted molar refractivity (Wildman–Crippen MR) is 178 cm³/mol. The summed E-state index contributed by atoms with van der Waals surface area (Å²) < 4.78 is 0. The van der Waals surface area contributed by atoms with Crippen LogP contribution in [0.15, 0.2) is 85.2 Å². The van der Waals surface area contributed by atoms with Gasteiger partial charge in [-0.2, -0.15) is 4.98 Å². The first-order chi connectivity index (χ1) is 22.5. The molecule has 1 unspecified atom stereocenters. The molecule has 3 amide bonds. The van der Waals surface area contributed by atoms with Crippen molar-refractivity contribution in [1.82, 2.24) is 20.2 Å². The molecule has 7 rings (SSSR count). The third kappa shape index (κ3) is 5.76. The molecule has 0 bridgehead atoms. The van der Waals surface area contributed by atoms with Crippen LogP contribution in [-0.2, 0) is 17.6 Å². The van der Waals surface area contributed by atoms with Gasteiger partial charge in [0.1, 0.15) is 11.9 Å². The van der Waals surface area contributed by atoms with Gasteiger partial charge in [-0.3, -0.25) is 19.3 Å². The van der Waals surface area contributed by atoms with E-state index in [1.165, 1.54) is 22.3 Å². The minimum atomic E-state index is -0.794. The summed E-state index contributed by atoms with van der Waals surface area (Å²) in [5.74, 6) is 0.225.